The fraction of sp³-hybridized carbons (Fsp3) is 0.222. The predicted octanol–water partition coefficient (Wildman–Crippen LogP) is 3.69. The zero-order valence-electron chi connectivity index (χ0n) is 12.7. The summed E-state index contributed by atoms with van der Waals surface area (Å²) in [6, 6.07) is 17.0. The minimum Gasteiger partial charge on any atom is -0.270 e. The maximum Gasteiger partial charge on any atom is 0.264 e. The highest BCUT2D eigenvalue weighted by molar-refractivity contribution is 7.89. The van der Waals surface area contributed by atoms with Crippen LogP contribution in [0.15, 0.2) is 71.3 Å². The van der Waals surface area contributed by atoms with E-state index in [0.29, 0.717) is 11.4 Å². The summed E-state index contributed by atoms with van der Waals surface area (Å²) in [4.78, 5) is 0.347. The quantitative estimate of drug-likeness (QED) is 0.866. The molecule has 0 aromatic heterocycles. The highest BCUT2D eigenvalue weighted by atomic mass is 32.2. The van der Waals surface area contributed by atoms with Gasteiger partial charge in [0.2, 0.25) is 0 Å². The number of aryl methyl sites for hydroxylation is 1. The molecule has 0 radical (unpaired) electrons. The van der Waals surface area contributed by atoms with Gasteiger partial charge in [-0.3, -0.25) is 4.31 Å². The van der Waals surface area contributed by atoms with Crippen LogP contribution < -0.4 is 0 Å². The lowest BCUT2D eigenvalue weighted by Gasteiger charge is -2.21. The highest BCUT2D eigenvalue weighted by Gasteiger charge is 2.31. The van der Waals surface area contributed by atoms with E-state index in [2.05, 4.69) is 0 Å². The SMILES string of the molecule is CC1=CC(c2ccccc2)CN1S(=O)(=O)c1ccc(C)cc1. The van der Waals surface area contributed by atoms with Gasteiger partial charge in [0.25, 0.3) is 10.0 Å². The van der Waals surface area contributed by atoms with Crippen LogP contribution in [0.1, 0.15) is 24.0 Å². The summed E-state index contributed by atoms with van der Waals surface area (Å²) >= 11 is 0. The minimum atomic E-state index is -3.48. The first-order chi connectivity index (χ1) is 10.5. The molecular weight excluding hydrogens is 294 g/mol. The molecule has 4 heteroatoms. The van der Waals surface area contributed by atoms with E-state index in [9.17, 15) is 8.42 Å². The third kappa shape index (κ3) is 2.66. The Morgan fingerprint density at radius 2 is 1.59 bits per heavy atom. The van der Waals surface area contributed by atoms with Gasteiger partial charge in [-0.15, -0.1) is 0 Å². The van der Waals surface area contributed by atoms with Gasteiger partial charge in [0.05, 0.1) is 4.90 Å². The van der Waals surface area contributed by atoms with Gasteiger partial charge in [0.15, 0.2) is 0 Å². The van der Waals surface area contributed by atoms with Gasteiger partial charge in [-0.2, -0.15) is 0 Å². The van der Waals surface area contributed by atoms with Gasteiger partial charge in [-0.25, -0.2) is 8.42 Å². The van der Waals surface area contributed by atoms with E-state index in [1.165, 1.54) is 4.31 Å². The van der Waals surface area contributed by atoms with Crippen LogP contribution in [0.2, 0.25) is 0 Å². The lowest BCUT2D eigenvalue weighted by atomic mass is 10.0. The summed E-state index contributed by atoms with van der Waals surface area (Å²) < 4.78 is 27.1. The van der Waals surface area contributed by atoms with Gasteiger partial charge in [0, 0.05) is 18.2 Å². The smallest absolute Gasteiger partial charge is 0.264 e. The third-order valence-electron chi connectivity index (χ3n) is 4.04. The lowest BCUT2D eigenvalue weighted by Crippen LogP contribution is -2.28. The summed E-state index contributed by atoms with van der Waals surface area (Å²) in [5.74, 6) is 0.112. The molecule has 22 heavy (non-hydrogen) atoms. The fourth-order valence-electron chi connectivity index (χ4n) is 2.78. The van der Waals surface area contributed by atoms with E-state index in [0.717, 1.165) is 16.8 Å². The summed E-state index contributed by atoms with van der Waals surface area (Å²) in [6.07, 6.45) is 2.03. The van der Waals surface area contributed by atoms with Crippen LogP contribution in [0.25, 0.3) is 0 Å². The molecule has 1 unspecified atom stereocenters. The van der Waals surface area contributed by atoms with Crippen LogP contribution in [0.4, 0.5) is 0 Å². The van der Waals surface area contributed by atoms with E-state index in [1.54, 1.807) is 12.1 Å². The van der Waals surface area contributed by atoms with Crippen molar-refractivity contribution in [2.75, 3.05) is 6.54 Å². The number of hydrogen-bond donors (Lipinski definition) is 0. The molecule has 2 aromatic rings. The molecule has 0 fully saturated rings. The maximum atomic E-state index is 12.8. The molecule has 0 amide bonds. The second-order valence-electron chi connectivity index (χ2n) is 5.67. The van der Waals surface area contributed by atoms with Crippen LogP contribution in [0.5, 0.6) is 0 Å². The molecule has 0 spiro atoms. The first-order valence-corrected chi connectivity index (χ1v) is 8.75. The van der Waals surface area contributed by atoms with E-state index in [4.69, 9.17) is 0 Å². The molecule has 1 heterocycles. The maximum absolute atomic E-state index is 12.8. The van der Waals surface area contributed by atoms with Crippen LogP contribution in [-0.4, -0.2) is 19.3 Å². The Hall–Kier alpha value is -2.07. The molecule has 0 bridgehead atoms. The largest absolute Gasteiger partial charge is 0.270 e. The molecule has 0 saturated heterocycles. The summed E-state index contributed by atoms with van der Waals surface area (Å²) in [5, 5.41) is 0. The highest BCUT2D eigenvalue weighted by Crippen LogP contribution is 2.32. The molecule has 1 aliphatic rings. The van der Waals surface area contributed by atoms with E-state index < -0.39 is 10.0 Å². The van der Waals surface area contributed by atoms with Crippen molar-refractivity contribution in [2.45, 2.75) is 24.7 Å². The summed E-state index contributed by atoms with van der Waals surface area (Å²) in [5.41, 5.74) is 2.98. The number of benzene rings is 2. The van der Waals surface area contributed by atoms with Gasteiger partial charge in [0.1, 0.15) is 0 Å². The van der Waals surface area contributed by atoms with Crippen molar-refractivity contribution < 1.29 is 8.42 Å². The van der Waals surface area contributed by atoms with Crippen molar-refractivity contribution in [3.05, 3.63) is 77.5 Å². The predicted molar refractivity (Wildman–Crippen MR) is 88.0 cm³/mol. The topological polar surface area (TPSA) is 37.4 Å². The number of sulfonamides is 1. The number of allylic oxidation sites excluding steroid dienone is 1. The van der Waals surface area contributed by atoms with Crippen molar-refractivity contribution in [1.82, 2.24) is 4.31 Å². The van der Waals surface area contributed by atoms with Gasteiger partial charge < -0.3 is 0 Å². The Balaban J connectivity index is 1.90. The normalized spacial score (nSPS) is 18.4. The van der Waals surface area contributed by atoms with Crippen LogP contribution >= 0.6 is 0 Å². The molecule has 0 N–H and O–H groups in total. The van der Waals surface area contributed by atoms with Crippen molar-refractivity contribution in [1.29, 1.82) is 0 Å². The molecule has 0 aliphatic carbocycles. The first kappa shape index (κ1) is 14.9. The van der Waals surface area contributed by atoms with Gasteiger partial charge in [-0.05, 0) is 31.5 Å². The molecule has 1 atom stereocenters. The van der Waals surface area contributed by atoms with Crippen molar-refractivity contribution in [3.63, 3.8) is 0 Å². The molecule has 3 nitrogen and oxygen atoms in total. The van der Waals surface area contributed by atoms with Crippen LogP contribution in [0, 0.1) is 6.92 Å². The third-order valence-corrected chi connectivity index (χ3v) is 5.92. The molecular formula is C18H19NO2S. The summed E-state index contributed by atoms with van der Waals surface area (Å²) in [6.45, 7) is 4.27. The average molecular weight is 313 g/mol. The van der Waals surface area contributed by atoms with Crippen molar-refractivity contribution >= 4 is 10.0 Å². The Morgan fingerprint density at radius 3 is 2.23 bits per heavy atom. The Kier molecular flexibility index (Phi) is 3.79. The summed E-state index contributed by atoms with van der Waals surface area (Å²) in [7, 11) is -3.48. The van der Waals surface area contributed by atoms with Crippen LogP contribution in [-0.2, 0) is 10.0 Å². The van der Waals surface area contributed by atoms with Gasteiger partial charge in [-0.1, -0.05) is 54.1 Å². The molecule has 3 rings (SSSR count). The number of nitrogens with zero attached hydrogens (tertiary/aromatic N) is 1. The number of hydrogen-bond acceptors (Lipinski definition) is 2. The zero-order valence-corrected chi connectivity index (χ0v) is 13.5. The monoisotopic (exact) mass is 313 g/mol. The van der Waals surface area contributed by atoms with Gasteiger partial charge >= 0.3 is 0 Å². The average Bonchev–Trinajstić information content (AvgIpc) is 2.91. The zero-order chi connectivity index (χ0) is 15.7. The van der Waals surface area contributed by atoms with E-state index in [-0.39, 0.29) is 5.92 Å². The first-order valence-electron chi connectivity index (χ1n) is 7.31. The van der Waals surface area contributed by atoms with Crippen molar-refractivity contribution in [2.24, 2.45) is 0 Å². The Labute approximate surface area is 132 Å². The lowest BCUT2D eigenvalue weighted by molar-refractivity contribution is 0.490. The number of rotatable bonds is 3. The van der Waals surface area contributed by atoms with Crippen molar-refractivity contribution in [3.8, 4) is 0 Å². The standard InChI is InChI=1S/C18H19NO2S/c1-14-8-10-18(11-9-14)22(20,21)19-13-17(12-15(19)2)16-6-4-3-5-7-16/h3-12,17H,13H2,1-2H3. The molecule has 2 aromatic carbocycles. The molecule has 0 saturated carbocycles. The molecule has 114 valence electrons. The second-order valence-corrected chi connectivity index (χ2v) is 7.54. The van der Waals surface area contributed by atoms with Crippen LogP contribution in [0.3, 0.4) is 0 Å². The van der Waals surface area contributed by atoms with E-state index >= 15 is 0 Å². The Bertz CT molecular complexity index is 793. The molecule has 1 aliphatic heterocycles. The Morgan fingerprint density at radius 1 is 0.955 bits per heavy atom. The van der Waals surface area contributed by atoms with E-state index in [1.807, 2.05) is 62.4 Å². The fourth-order valence-corrected chi connectivity index (χ4v) is 4.31. The second kappa shape index (κ2) is 5.61. The minimum absolute atomic E-state index is 0.112.